The summed E-state index contributed by atoms with van der Waals surface area (Å²) < 4.78 is 11.3. The SMILES string of the molecule is C/C=C\C(=C/C(C)CC)C(/C=N/SC(C)(C)C)OS(C)(C)C(C)C. The number of nitrogens with zero attached hydrogens (tertiary/aromatic N) is 1. The molecule has 0 aromatic heterocycles. The summed E-state index contributed by atoms with van der Waals surface area (Å²) in [4.78, 5) is 0. The summed E-state index contributed by atoms with van der Waals surface area (Å²) in [6.07, 6.45) is 14.1. The lowest BCUT2D eigenvalue weighted by Gasteiger charge is -2.38. The van der Waals surface area contributed by atoms with E-state index in [4.69, 9.17) is 4.18 Å². The van der Waals surface area contributed by atoms with Crippen molar-refractivity contribution in [3.63, 3.8) is 0 Å². The summed E-state index contributed by atoms with van der Waals surface area (Å²) in [5, 5.41) is 0.513. The molecule has 0 N–H and O–H groups in total. The summed E-state index contributed by atoms with van der Waals surface area (Å²) in [6, 6.07) is 0. The first-order chi connectivity index (χ1) is 10.9. The van der Waals surface area contributed by atoms with Crippen LogP contribution in [-0.4, -0.2) is 34.8 Å². The molecular formula is C20H39NOS2. The molecule has 0 radical (unpaired) electrons. The van der Waals surface area contributed by atoms with Crippen LogP contribution in [0.4, 0.5) is 0 Å². The molecule has 0 heterocycles. The average molecular weight is 374 g/mol. The lowest BCUT2D eigenvalue weighted by molar-refractivity contribution is 0.347. The minimum absolute atomic E-state index is 0.0857. The van der Waals surface area contributed by atoms with E-state index < -0.39 is 10.3 Å². The largest absolute Gasteiger partial charge is 0.323 e. The second kappa shape index (κ2) is 10.7. The van der Waals surface area contributed by atoms with Crippen molar-refractivity contribution in [1.29, 1.82) is 0 Å². The zero-order valence-corrected chi connectivity index (χ0v) is 19.1. The fourth-order valence-electron chi connectivity index (χ4n) is 1.67. The van der Waals surface area contributed by atoms with Gasteiger partial charge in [-0.1, -0.05) is 52.3 Å². The highest BCUT2D eigenvalue weighted by Gasteiger charge is 2.24. The summed E-state index contributed by atoms with van der Waals surface area (Å²) >= 11 is 1.60. The Morgan fingerprint density at radius 2 is 1.79 bits per heavy atom. The molecule has 0 rings (SSSR count). The Kier molecular flexibility index (Phi) is 10.6. The standard InChI is InChI=1S/C20H39NOS2/c1-11-13-18(14-17(5)12-2)19(15-21-23-20(6,7)8)22-24(9,10)16(3)4/h11,13-17,19H,12H2,1-10H3/b13-11-,18-14+,21-15+. The van der Waals surface area contributed by atoms with Crippen LogP contribution in [0.3, 0.4) is 0 Å². The zero-order valence-electron chi connectivity index (χ0n) is 17.4. The third kappa shape index (κ3) is 9.95. The molecule has 0 spiro atoms. The molecule has 2 atom stereocenters. The molecule has 0 saturated carbocycles. The summed E-state index contributed by atoms with van der Waals surface area (Å²) in [7, 11) is -1.14. The number of hydrogen-bond acceptors (Lipinski definition) is 3. The minimum Gasteiger partial charge on any atom is -0.323 e. The Bertz CT molecular complexity index is 445. The molecule has 142 valence electrons. The van der Waals surface area contributed by atoms with Gasteiger partial charge in [-0.2, -0.15) is 0 Å². The van der Waals surface area contributed by atoms with Gasteiger partial charge in [0.05, 0.1) is 0 Å². The molecule has 0 aromatic rings. The van der Waals surface area contributed by atoms with Gasteiger partial charge >= 0.3 is 0 Å². The van der Waals surface area contributed by atoms with Crippen molar-refractivity contribution < 1.29 is 4.18 Å². The van der Waals surface area contributed by atoms with Crippen molar-refractivity contribution in [2.75, 3.05) is 12.5 Å². The minimum atomic E-state index is -1.14. The summed E-state index contributed by atoms with van der Waals surface area (Å²) in [6.45, 7) is 17.5. The molecule has 0 aliphatic heterocycles. The Labute approximate surface area is 157 Å². The van der Waals surface area contributed by atoms with Gasteiger partial charge in [-0.25, -0.2) is 4.40 Å². The topological polar surface area (TPSA) is 21.6 Å². The van der Waals surface area contributed by atoms with Crippen LogP contribution in [0.25, 0.3) is 0 Å². The third-order valence-corrected chi connectivity index (χ3v) is 7.57. The highest BCUT2D eigenvalue weighted by Crippen LogP contribution is 2.48. The van der Waals surface area contributed by atoms with Crippen molar-refractivity contribution >= 4 is 28.5 Å². The second-order valence-electron chi connectivity index (χ2n) is 7.89. The predicted octanol–water partition coefficient (Wildman–Crippen LogP) is 6.83. The quantitative estimate of drug-likeness (QED) is 0.251. The molecule has 24 heavy (non-hydrogen) atoms. The number of allylic oxidation sites excluding steroid dienone is 2. The molecule has 0 amide bonds. The van der Waals surface area contributed by atoms with E-state index in [0.29, 0.717) is 11.2 Å². The molecule has 2 unspecified atom stereocenters. The van der Waals surface area contributed by atoms with Crippen molar-refractivity contribution in [1.82, 2.24) is 0 Å². The molecule has 0 fully saturated rings. The fraction of sp³-hybridized carbons (Fsp3) is 0.750. The van der Waals surface area contributed by atoms with Crippen LogP contribution in [0.15, 0.2) is 28.2 Å². The lowest BCUT2D eigenvalue weighted by Crippen LogP contribution is -2.23. The maximum absolute atomic E-state index is 6.58. The third-order valence-electron chi connectivity index (χ3n) is 3.82. The van der Waals surface area contributed by atoms with Crippen molar-refractivity contribution in [3.8, 4) is 0 Å². The van der Waals surface area contributed by atoms with E-state index in [1.54, 1.807) is 11.9 Å². The summed E-state index contributed by atoms with van der Waals surface area (Å²) in [5.41, 5.74) is 1.21. The Hall–Kier alpha value is -0.190. The van der Waals surface area contributed by atoms with Crippen LogP contribution < -0.4 is 0 Å². The second-order valence-corrected chi connectivity index (χ2v) is 13.3. The molecule has 0 aromatic carbocycles. The molecule has 0 saturated heterocycles. The zero-order chi connectivity index (χ0) is 19.0. The van der Waals surface area contributed by atoms with Crippen LogP contribution in [0, 0.1) is 5.92 Å². The normalized spacial score (nSPS) is 17.9. The average Bonchev–Trinajstić information content (AvgIpc) is 2.44. The van der Waals surface area contributed by atoms with E-state index in [2.05, 4.69) is 90.5 Å². The van der Waals surface area contributed by atoms with E-state index in [1.807, 2.05) is 6.21 Å². The Morgan fingerprint density at radius 1 is 1.21 bits per heavy atom. The van der Waals surface area contributed by atoms with Crippen LogP contribution in [-0.2, 0) is 4.18 Å². The molecular weight excluding hydrogens is 334 g/mol. The van der Waals surface area contributed by atoms with Crippen LogP contribution >= 0.6 is 22.3 Å². The highest BCUT2D eigenvalue weighted by atomic mass is 32.3. The van der Waals surface area contributed by atoms with E-state index in [0.717, 1.165) is 6.42 Å². The van der Waals surface area contributed by atoms with E-state index in [-0.39, 0.29) is 10.9 Å². The Balaban J connectivity index is 5.60. The molecule has 2 nitrogen and oxygen atoms in total. The van der Waals surface area contributed by atoms with Gasteiger partial charge in [-0.3, -0.25) is 0 Å². The van der Waals surface area contributed by atoms with Crippen LogP contribution in [0.5, 0.6) is 0 Å². The van der Waals surface area contributed by atoms with Crippen molar-refractivity contribution in [3.05, 3.63) is 23.8 Å². The van der Waals surface area contributed by atoms with Gasteiger partial charge in [-0.15, -0.1) is 10.3 Å². The maximum Gasteiger partial charge on any atom is 0.130 e. The van der Waals surface area contributed by atoms with Gasteiger partial charge < -0.3 is 4.18 Å². The van der Waals surface area contributed by atoms with Crippen LogP contribution in [0.2, 0.25) is 0 Å². The van der Waals surface area contributed by atoms with Gasteiger partial charge in [-0.05, 0) is 63.6 Å². The van der Waals surface area contributed by atoms with Crippen LogP contribution in [0.1, 0.15) is 61.8 Å². The van der Waals surface area contributed by atoms with Gasteiger partial charge in [0, 0.05) is 16.2 Å². The van der Waals surface area contributed by atoms with Gasteiger partial charge in [0.25, 0.3) is 0 Å². The smallest absolute Gasteiger partial charge is 0.130 e. The van der Waals surface area contributed by atoms with Gasteiger partial charge in [0.1, 0.15) is 6.10 Å². The van der Waals surface area contributed by atoms with E-state index in [9.17, 15) is 0 Å². The highest BCUT2D eigenvalue weighted by molar-refractivity contribution is 8.29. The first kappa shape index (κ1) is 23.8. The maximum atomic E-state index is 6.58. The fourth-order valence-corrected chi connectivity index (χ4v) is 3.08. The molecule has 0 aliphatic rings. The molecule has 0 aliphatic carbocycles. The number of hydrogen-bond donors (Lipinski definition) is 0. The lowest BCUT2D eigenvalue weighted by atomic mass is 10.0. The Morgan fingerprint density at radius 3 is 2.21 bits per heavy atom. The van der Waals surface area contributed by atoms with Gasteiger partial charge in [0.15, 0.2) is 0 Å². The monoisotopic (exact) mass is 373 g/mol. The predicted molar refractivity (Wildman–Crippen MR) is 118 cm³/mol. The van der Waals surface area contributed by atoms with Crippen molar-refractivity contribution in [2.45, 2.75) is 77.9 Å². The first-order valence-corrected chi connectivity index (χ1v) is 12.1. The summed E-state index contributed by atoms with van der Waals surface area (Å²) in [5.74, 6) is 0.531. The van der Waals surface area contributed by atoms with E-state index >= 15 is 0 Å². The first-order valence-electron chi connectivity index (χ1n) is 8.89. The van der Waals surface area contributed by atoms with Gasteiger partial charge in [0.2, 0.25) is 0 Å². The molecule has 0 bridgehead atoms. The number of rotatable bonds is 9. The van der Waals surface area contributed by atoms with Crippen molar-refractivity contribution in [2.24, 2.45) is 10.3 Å². The van der Waals surface area contributed by atoms with E-state index in [1.165, 1.54) is 5.57 Å². The molecule has 4 heteroatoms.